The van der Waals surface area contributed by atoms with Crippen LogP contribution in [0.2, 0.25) is 0 Å². The third-order valence-electron chi connectivity index (χ3n) is 5.04. The van der Waals surface area contributed by atoms with Gasteiger partial charge in [-0.05, 0) is 44.4 Å². The summed E-state index contributed by atoms with van der Waals surface area (Å²) >= 11 is 0. The molecule has 6 heteroatoms. The van der Waals surface area contributed by atoms with Crippen LogP contribution in [0.15, 0.2) is 42.6 Å². The van der Waals surface area contributed by atoms with Crippen LogP contribution in [0.4, 0.5) is 4.79 Å². The maximum absolute atomic E-state index is 12.6. The van der Waals surface area contributed by atoms with Crippen molar-refractivity contribution < 1.29 is 9.53 Å². The first-order valence-corrected chi connectivity index (χ1v) is 9.65. The fourth-order valence-electron chi connectivity index (χ4n) is 3.79. The molecular weight excluding hydrogens is 349 g/mol. The van der Waals surface area contributed by atoms with Crippen molar-refractivity contribution in [2.24, 2.45) is 0 Å². The molecule has 1 N–H and O–H groups in total. The predicted molar refractivity (Wildman–Crippen MR) is 112 cm³/mol. The molecule has 0 bridgehead atoms. The molecule has 0 saturated carbocycles. The largest absolute Gasteiger partial charge is 0.444 e. The lowest BCUT2D eigenvalue weighted by atomic mass is 9.87. The van der Waals surface area contributed by atoms with Crippen LogP contribution in [0, 0.1) is 0 Å². The number of carbonyl (C=O) groups excluding carboxylic acids is 1. The number of aromatic amines is 1. The van der Waals surface area contributed by atoms with Gasteiger partial charge in [0.25, 0.3) is 0 Å². The number of carbonyl (C=O) groups is 1. The van der Waals surface area contributed by atoms with E-state index in [9.17, 15) is 4.79 Å². The summed E-state index contributed by atoms with van der Waals surface area (Å²) in [5.74, 6) is 0.791. The van der Waals surface area contributed by atoms with Crippen molar-refractivity contribution in [2.75, 3.05) is 6.54 Å². The van der Waals surface area contributed by atoms with Gasteiger partial charge in [-0.1, -0.05) is 41.9 Å². The summed E-state index contributed by atoms with van der Waals surface area (Å²) in [4.78, 5) is 22.4. The maximum atomic E-state index is 12.6. The van der Waals surface area contributed by atoms with Gasteiger partial charge in [0.05, 0.1) is 17.9 Å². The van der Waals surface area contributed by atoms with Crippen molar-refractivity contribution in [2.45, 2.75) is 45.3 Å². The Bertz CT molecular complexity index is 1020. The summed E-state index contributed by atoms with van der Waals surface area (Å²) in [5.41, 5.74) is 2.21. The lowest BCUT2D eigenvalue weighted by molar-refractivity contribution is 0.0219. The fourth-order valence-corrected chi connectivity index (χ4v) is 3.79. The Hall–Kier alpha value is -2.76. The van der Waals surface area contributed by atoms with Crippen molar-refractivity contribution >= 4 is 30.2 Å². The quantitative estimate of drug-likeness (QED) is 0.689. The van der Waals surface area contributed by atoms with Crippen molar-refractivity contribution in [3.63, 3.8) is 0 Å². The van der Waals surface area contributed by atoms with E-state index < -0.39 is 5.60 Å². The van der Waals surface area contributed by atoms with Gasteiger partial charge >= 0.3 is 6.09 Å². The zero-order valence-corrected chi connectivity index (χ0v) is 16.5. The molecule has 1 fully saturated rings. The van der Waals surface area contributed by atoms with Crippen molar-refractivity contribution in [3.05, 3.63) is 48.4 Å². The number of hydrogen-bond donors (Lipinski definition) is 1. The van der Waals surface area contributed by atoms with Gasteiger partial charge in [-0.2, -0.15) is 0 Å². The van der Waals surface area contributed by atoms with E-state index in [1.54, 1.807) is 4.90 Å². The topological polar surface area (TPSA) is 58.2 Å². The van der Waals surface area contributed by atoms with Gasteiger partial charge in [0.2, 0.25) is 0 Å². The van der Waals surface area contributed by atoms with Gasteiger partial charge in [0.1, 0.15) is 19.3 Å². The monoisotopic (exact) mass is 373 g/mol. The van der Waals surface area contributed by atoms with Gasteiger partial charge in [0, 0.05) is 12.1 Å². The average Bonchev–Trinajstić information content (AvgIpc) is 3.30. The highest BCUT2D eigenvalue weighted by atomic mass is 16.6. The number of fused-ring (bicyclic) bond motifs is 1. The van der Waals surface area contributed by atoms with Crippen molar-refractivity contribution in [1.29, 1.82) is 0 Å². The Kier molecular flexibility index (Phi) is 4.65. The number of aromatic nitrogens is 2. The van der Waals surface area contributed by atoms with Gasteiger partial charge in [-0.15, -0.1) is 0 Å². The maximum Gasteiger partial charge on any atom is 0.410 e. The highest BCUT2D eigenvalue weighted by Gasteiger charge is 2.34. The van der Waals surface area contributed by atoms with Crippen LogP contribution >= 0.6 is 0 Å². The van der Waals surface area contributed by atoms with E-state index in [1.165, 1.54) is 0 Å². The molecule has 1 aliphatic heterocycles. The molecule has 4 rings (SSSR count). The molecule has 3 aromatic rings. The van der Waals surface area contributed by atoms with E-state index >= 15 is 0 Å². The van der Waals surface area contributed by atoms with E-state index in [0.29, 0.717) is 6.54 Å². The number of benzene rings is 2. The smallest absolute Gasteiger partial charge is 0.410 e. The Morgan fingerprint density at radius 2 is 1.96 bits per heavy atom. The van der Waals surface area contributed by atoms with Crippen LogP contribution in [0.1, 0.15) is 45.5 Å². The first-order valence-electron chi connectivity index (χ1n) is 9.65. The van der Waals surface area contributed by atoms with Crippen LogP contribution < -0.4 is 5.46 Å². The molecule has 2 aromatic carbocycles. The molecule has 1 atom stereocenters. The van der Waals surface area contributed by atoms with Crippen LogP contribution in [0.25, 0.3) is 22.0 Å². The standard InChI is InChI=1S/C22H24BN3O2/c1-22(2,3)28-21(27)26-12-6-9-19(26)20-24-13-18(25-20)16-10-11-17(23)15-8-5-4-7-14(15)16/h4-5,7-8,10-11,13,19H,6,9,12H2,1-3H3,(H,24,25)/t19-/m0/s1. The summed E-state index contributed by atoms with van der Waals surface area (Å²) in [7, 11) is 6.13. The van der Waals surface area contributed by atoms with Crippen LogP contribution in [0.5, 0.6) is 0 Å². The molecule has 142 valence electrons. The molecule has 2 heterocycles. The third kappa shape index (κ3) is 3.51. The second kappa shape index (κ2) is 7.00. The summed E-state index contributed by atoms with van der Waals surface area (Å²) in [6, 6.07) is 11.9. The molecule has 28 heavy (non-hydrogen) atoms. The molecule has 2 radical (unpaired) electrons. The summed E-state index contributed by atoms with van der Waals surface area (Å²) in [6.45, 7) is 6.33. The van der Waals surface area contributed by atoms with E-state index in [0.717, 1.165) is 46.2 Å². The number of H-pyrrole nitrogens is 1. The summed E-state index contributed by atoms with van der Waals surface area (Å²) in [6.07, 6.45) is 3.35. The second-order valence-corrected chi connectivity index (χ2v) is 8.26. The number of imidazole rings is 1. The number of ether oxygens (including phenoxy) is 1. The van der Waals surface area contributed by atoms with E-state index in [-0.39, 0.29) is 12.1 Å². The van der Waals surface area contributed by atoms with E-state index in [2.05, 4.69) is 16.0 Å². The SMILES string of the molecule is [B]c1ccc(-c2cnc([C@@H]3CCCN3C(=O)OC(C)(C)C)[nH]2)c2ccccc12. The minimum atomic E-state index is -0.512. The fraction of sp³-hybridized carbons (Fsp3) is 0.364. The number of nitrogens with one attached hydrogen (secondary N) is 1. The number of likely N-dealkylation sites (tertiary alicyclic amines) is 1. The first-order chi connectivity index (χ1) is 13.3. The normalized spacial score (nSPS) is 17.2. The summed E-state index contributed by atoms with van der Waals surface area (Å²) < 4.78 is 5.57. The molecule has 0 aliphatic carbocycles. The zero-order valence-electron chi connectivity index (χ0n) is 16.5. The number of hydrogen-bond acceptors (Lipinski definition) is 3. The number of nitrogens with zero attached hydrogens (tertiary/aromatic N) is 2. The Labute approximate surface area is 166 Å². The van der Waals surface area contributed by atoms with Crippen molar-refractivity contribution in [1.82, 2.24) is 14.9 Å². The Morgan fingerprint density at radius 1 is 1.21 bits per heavy atom. The highest BCUT2D eigenvalue weighted by Crippen LogP contribution is 2.34. The van der Waals surface area contributed by atoms with Gasteiger partial charge in [-0.3, -0.25) is 4.90 Å². The van der Waals surface area contributed by atoms with E-state index in [4.69, 9.17) is 12.6 Å². The Balaban J connectivity index is 1.65. The molecule has 1 amide bonds. The van der Waals surface area contributed by atoms with Crippen LogP contribution in [-0.2, 0) is 4.74 Å². The average molecular weight is 373 g/mol. The number of amides is 1. The minimum Gasteiger partial charge on any atom is -0.444 e. The van der Waals surface area contributed by atoms with Gasteiger partial charge < -0.3 is 9.72 Å². The minimum absolute atomic E-state index is 0.0938. The molecule has 0 unspecified atom stereocenters. The lowest BCUT2D eigenvalue weighted by Gasteiger charge is -2.27. The molecule has 1 aliphatic rings. The molecule has 1 aromatic heterocycles. The molecule has 1 saturated heterocycles. The van der Waals surface area contributed by atoms with Crippen LogP contribution in [-0.4, -0.2) is 41.0 Å². The third-order valence-corrected chi connectivity index (χ3v) is 5.04. The molecule has 0 spiro atoms. The summed E-state index contributed by atoms with van der Waals surface area (Å²) in [5, 5.41) is 2.10. The molecular formula is C22H24BN3O2. The highest BCUT2D eigenvalue weighted by molar-refractivity contribution is 6.39. The van der Waals surface area contributed by atoms with Crippen LogP contribution in [0.3, 0.4) is 0 Å². The Morgan fingerprint density at radius 3 is 2.71 bits per heavy atom. The first kappa shape index (κ1) is 18.6. The number of rotatable bonds is 2. The zero-order chi connectivity index (χ0) is 19.9. The lowest BCUT2D eigenvalue weighted by Crippen LogP contribution is -2.36. The van der Waals surface area contributed by atoms with E-state index in [1.807, 2.05) is 57.3 Å². The van der Waals surface area contributed by atoms with Gasteiger partial charge in [-0.25, -0.2) is 9.78 Å². The predicted octanol–water partition coefficient (Wildman–Crippen LogP) is 4.10. The van der Waals surface area contributed by atoms with Crippen molar-refractivity contribution in [3.8, 4) is 11.3 Å². The second-order valence-electron chi connectivity index (χ2n) is 8.26. The van der Waals surface area contributed by atoms with Gasteiger partial charge in [0.15, 0.2) is 0 Å². The molecule has 5 nitrogen and oxygen atoms in total.